The summed E-state index contributed by atoms with van der Waals surface area (Å²) in [6.45, 7) is 0. The van der Waals surface area contributed by atoms with Gasteiger partial charge in [-0.1, -0.05) is 6.08 Å². The number of aliphatic carboxylic acids is 2. The third kappa shape index (κ3) is 6.85. The van der Waals surface area contributed by atoms with Crippen molar-refractivity contribution in [3.63, 3.8) is 0 Å². The van der Waals surface area contributed by atoms with E-state index in [0.717, 1.165) is 0 Å². The summed E-state index contributed by atoms with van der Waals surface area (Å²) in [4.78, 5) is 20.3. The highest BCUT2D eigenvalue weighted by atomic mass is 16.4. The van der Waals surface area contributed by atoms with Gasteiger partial charge in [-0.05, 0) is 12.8 Å². The maximum atomic E-state index is 10.2. The van der Waals surface area contributed by atoms with Gasteiger partial charge in [0.05, 0.1) is 12.5 Å². The number of allylic oxidation sites excluding steroid dienone is 1. The monoisotopic (exact) mass is 197 g/mol. The largest absolute Gasteiger partial charge is 0.481 e. The lowest BCUT2D eigenvalue weighted by atomic mass is 10.1. The molecule has 0 saturated carbocycles. The Morgan fingerprint density at radius 3 is 2.36 bits per heavy atom. The summed E-state index contributed by atoms with van der Waals surface area (Å²) in [5.74, 6) is -1.95. The van der Waals surface area contributed by atoms with E-state index in [2.05, 4.69) is 0 Å². The minimum Gasteiger partial charge on any atom is -0.481 e. The zero-order chi connectivity index (χ0) is 11.0. The van der Waals surface area contributed by atoms with Crippen LogP contribution in [0.2, 0.25) is 0 Å². The van der Waals surface area contributed by atoms with Gasteiger partial charge in [0.1, 0.15) is 0 Å². The first-order chi connectivity index (χ1) is 6.56. The number of hydrogen-bond acceptors (Lipinski definition) is 3. The molecule has 0 heterocycles. The minimum atomic E-state index is -1.06. The summed E-state index contributed by atoms with van der Waals surface area (Å²) in [7, 11) is 0. The maximum Gasteiger partial charge on any atom is 0.308 e. The summed E-state index contributed by atoms with van der Waals surface area (Å²) in [5, 5.41) is 25.2. The van der Waals surface area contributed by atoms with E-state index in [4.69, 9.17) is 15.5 Å². The Bertz CT molecular complexity index is 288. The molecular formula is C9H11NO4. The van der Waals surface area contributed by atoms with E-state index in [1.54, 1.807) is 6.07 Å². The zero-order valence-corrected chi connectivity index (χ0v) is 7.56. The molecule has 0 unspecified atom stereocenters. The van der Waals surface area contributed by atoms with Gasteiger partial charge in [0.15, 0.2) is 0 Å². The number of hydrogen-bond donors (Lipinski definition) is 2. The topological polar surface area (TPSA) is 98.4 Å². The second-order valence-corrected chi connectivity index (χ2v) is 2.70. The molecule has 0 spiro atoms. The molecular weight excluding hydrogens is 186 g/mol. The van der Waals surface area contributed by atoms with Gasteiger partial charge in [-0.15, -0.1) is 0 Å². The molecule has 0 aromatic heterocycles. The van der Waals surface area contributed by atoms with Gasteiger partial charge >= 0.3 is 11.9 Å². The second-order valence-electron chi connectivity index (χ2n) is 2.70. The number of nitrogens with zero attached hydrogens (tertiary/aromatic N) is 1. The molecule has 0 radical (unpaired) electrons. The quantitative estimate of drug-likeness (QED) is 0.491. The summed E-state index contributed by atoms with van der Waals surface area (Å²) in [5.41, 5.74) is 0.169. The van der Waals surface area contributed by atoms with Crippen LogP contribution in [0.25, 0.3) is 0 Å². The van der Waals surface area contributed by atoms with E-state index in [1.807, 2.05) is 0 Å². The maximum absolute atomic E-state index is 10.2. The van der Waals surface area contributed by atoms with Crippen molar-refractivity contribution in [3.05, 3.63) is 11.6 Å². The molecule has 5 heteroatoms. The summed E-state index contributed by atoms with van der Waals surface area (Å²) >= 11 is 0. The van der Waals surface area contributed by atoms with Crippen molar-refractivity contribution in [2.75, 3.05) is 0 Å². The van der Waals surface area contributed by atoms with E-state index in [0.29, 0.717) is 12.8 Å². The molecule has 0 aliphatic heterocycles. The van der Waals surface area contributed by atoms with E-state index in [1.165, 1.54) is 6.08 Å². The average molecular weight is 197 g/mol. The summed E-state index contributed by atoms with van der Waals surface area (Å²) < 4.78 is 0. The van der Waals surface area contributed by atoms with Gasteiger partial charge in [0.25, 0.3) is 0 Å². The van der Waals surface area contributed by atoms with Crippen LogP contribution in [0.4, 0.5) is 0 Å². The number of carboxylic acids is 2. The van der Waals surface area contributed by atoms with Crippen LogP contribution in [-0.2, 0) is 9.59 Å². The van der Waals surface area contributed by atoms with E-state index in [9.17, 15) is 9.59 Å². The lowest BCUT2D eigenvalue weighted by Crippen LogP contribution is -1.96. The molecule has 5 nitrogen and oxygen atoms in total. The van der Waals surface area contributed by atoms with Crippen molar-refractivity contribution in [3.8, 4) is 6.07 Å². The molecule has 0 saturated heterocycles. The van der Waals surface area contributed by atoms with E-state index < -0.39 is 11.9 Å². The predicted octanol–water partition coefficient (Wildman–Crippen LogP) is 1.17. The SMILES string of the molecule is N#CC(=CCCCC(=O)O)CC(=O)O. The Labute approximate surface area is 81.3 Å². The molecule has 0 aromatic carbocycles. The van der Waals surface area contributed by atoms with Crippen LogP contribution < -0.4 is 0 Å². The average Bonchev–Trinajstić information content (AvgIpc) is 2.09. The fraction of sp³-hybridized carbons (Fsp3) is 0.444. The lowest BCUT2D eigenvalue weighted by molar-refractivity contribution is -0.137. The van der Waals surface area contributed by atoms with Crippen LogP contribution >= 0.6 is 0 Å². The Hall–Kier alpha value is -1.83. The molecule has 76 valence electrons. The molecule has 0 aromatic rings. The smallest absolute Gasteiger partial charge is 0.308 e. The van der Waals surface area contributed by atoms with Crippen molar-refractivity contribution in [2.45, 2.75) is 25.7 Å². The number of nitriles is 1. The minimum absolute atomic E-state index is 0.0300. The lowest BCUT2D eigenvalue weighted by Gasteiger charge is -1.94. The Morgan fingerprint density at radius 1 is 1.29 bits per heavy atom. The van der Waals surface area contributed by atoms with Gasteiger partial charge in [-0.2, -0.15) is 5.26 Å². The van der Waals surface area contributed by atoms with Gasteiger partial charge in [-0.3, -0.25) is 9.59 Å². The van der Waals surface area contributed by atoms with Gasteiger partial charge in [0.2, 0.25) is 0 Å². The molecule has 0 aliphatic rings. The van der Waals surface area contributed by atoms with Crippen molar-refractivity contribution in [1.82, 2.24) is 0 Å². The fourth-order valence-corrected chi connectivity index (χ4v) is 0.850. The van der Waals surface area contributed by atoms with Gasteiger partial charge in [0, 0.05) is 12.0 Å². The standard InChI is InChI=1S/C9H11NO4/c10-6-7(5-9(13)14)3-1-2-4-8(11)12/h3H,1-2,4-5H2,(H,11,12)(H,13,14). The summed E-state index contributed by atoms with van der Waals surface area (Å²) in [6.07, 6.45) is 2.03. The first-order valence-electron chi connectivity index (χ1n) is 4.09. The van der Waals surface area contributed by atoms with Crippen LogP contribution in [0.3, 0.4) is 0 Å². The van der Waals surface area contributed by atoms with Crippen LogP contribution in [0.15, 0.2) is 11.6 Å². The normalized spacial score (nSPS) is 10.6. The van der Waals surface area contributed by atoms with Crippen molar-refractivity contribution >= 4 is 11.9 Å². The first kappa shape index (κ1) is 12.2. The third-order valence-electron chi connectivity index (χ3n) is 1.47. The van der Waals surface area contributed by atoms with Gasteiger partial charge in [-0.25, -0.2) is 0 Å². The van der Waals surface area contributed by atoms with E-state index in [-0.39, 0.29) is 18.4 Å². The van der Waals surface area contributed by atoms with Crippen molar-refractivity contribution in [1.29, 1.82) is 5.26 Å². The number of unbranched alkanes of at least 4 members (excludes halogenated alkanes) is 1. The number of carbonyl (C=O) groups is 2. The Kier molecular flexibility index (Phi) is 5.79. The molecule has 14 heavy (non-hydrogen) atoms. The predicted molar refractivity (Wildman–Crippen MR) is 47.4 cm³/mol. The molecule has 0 rings (SSSR count). The van der Waals surface area contributed by atoms with E-state index >= 15 is 0 Å². The Morgan fingerprint density at radius 2 is 1.93 bits per heavy atom. The molecule has 0 atom stereocenters. The molecule has 2 N–H and O–H groups in total. The summed E-state index contributed by atoms with van der Waals surface area (Å²) in [6, 6.07) is 1.75. The molecule has 0 fully saturated rings. The van der Waals surface area contributed by atoms with Crippen LogP contribution in [0.5, 0.6) is 0 Å². The third-order valence-corrected chi connectivity index (χ3v) is 1.47. The van der Waals surface area contributed by atoms with Crippen LogP contribution in [-0.4, -0.2) is 22.2 Å². The van der Waals surface area contributed by atoms with Crippen LogP contribution in [0.1, 0.15) is 25.7 Å². The molecule has 0 bridgehead atoms. The highest BCUT2D eigenvalue weighted by molar-refractivity contribution is 5.71. The van der Waals surface area contributed by atoms with Crippen molar-refractivity contribution in [2.24, 2.45) is 0 Å². The highest BCUT2D eigenvalue weighted by Crippen LogP contribution is 2.04. The van der Waals surface area contributed by atoms with Gasteiger partial charge < -0.3 is 10.2 Å². The molecule has 0 amide bonds. The highest BCUT2D eigenvalue weighted by Gasteiger charge is 2.02. The Balaban J connectivity index is 3.89. The fourth-order valence-electron chi connectivity index (χ4n) is 0.850. The molecule has 0 aliphatic carbocycles. The number of carboxylic acid groups (broad SMARTS) is 2. The zero-order valence-electron chi connectivity index (χ0n) is 7.56. The first-order valence-corrected chi connectivity index (χ1v) is 4.09. The van der Waals surface area contributed by atoms with Crippen molar-refractivity contribution < 1.29 is 19.8 Å². The van der Waals surface area contributed by atoms with Crippen LogP contribution in [0, 0.1) is 11.3 Å². The number of rotatable bonds is 6. The second kappa shape index (κ2) is 6.66.